The maximum absolute atomic E-state index is 9.99. The van der Waals surface area contributed by atoms with Gasteiger partial charge in [-0.2, -0.15) is 0 Å². The lowest BCUT2D eigenvalue weighted by atomic mass is 10.2. The van der Waals surface area contributed by atoms with E-state index in [2.05, 4.69) is 0 Å². The molecule has 2 rings (SSSR count). The van der Waals surface area contributed by atoms with Crippen molar-refractivity contribution in [3.63, 3.8) is 0 Å². The smallest absolute Gasteiger partial charge is 0.136 e. The molecule has 94 valence electrons. The van der Waals surface area contributed by atoms with E-state index in [-0.39, 0.29) is 12.2 Å². The number of benzene rings is 1. The van der Waals surface area contributed by atoms with Crippen LogP contribution < -0.4 is 4.74 Å². The van der Waals surface area contributed by atoms with E-state index in [1.54, 1.807) is 11.8 Å². The van der Waals surface area contributed by atoms with E-state index in [0.29, 0.717) is 6.61 Å². The predicted molar refractivity (Wildman–Crippen MR) is 68.7 cm³/mol. The summed E-state index contributed by atoms with van der Waals surface area (Å²) < 4.78 is 11.2. The minimum absolute atomic E-state index is 0.133. The molecule has 1 heterocycles. The van der Waals surface area contributed by atoms with Crippen LogP contribution in [0.25, 0.3) is 0 Å². The lowest BCUT2D eigenvalue weighted by Crippen LogP contribution is -2.39. The number of ether oxygens (including phenoxy) is 2. The van der Waals surface area contributed by atoms with E-state index < -0.39 is 6.10 Å². The number of para-hydroxylation sites is 1. The van der Waals surface area contributed by atoms with Crippen molar-refractivity contribution in [3.8, 4) is 5.75 Å². The Labute approximate surface area is 106 Å². The minimum Gasteiger partial charge on any atom is -0.486 e. The van der Waals surface area contributed by atoms with Gasteiger partial charge in [-0.25, -0.2) is 0 Å². The Morgan fingerprint density at radius 1 is 1.47 bits per heavy atom. The molecule has 0 bridgehead atoms. The molecule has 0 fully saturated rings. The lowest BCUT2D eigenvalue weighted by Gasteiger charge is -2.29. The Balaban J connectivity index is 1.93. The normalized spacial score (nSPS) is 20.8. The summed E-state index contributed by atoms with van der Waals surface area (Å²) in [5.74, 6) is 1.62. The first-order valence-corrected chi connectivity index (χ1v) is 6.83. The highest BCUT2D eigenvalue weighted by Gasteiger charge is 2.26. The van der Waals surface area contributed by atoms with Gasteiger partial charge in [-0.3, -0.25) is 0 Å². The monoisotopic (exact) mass is 254 g/mol. The van der Waals surface area contributed by atoms with Gasteiger partial charge in [0.05, 0.1) is 12.7 Å². The molecule has 0 saturated heterocycles. The molecular weight excluding hydrogens is 236 g/mol. The van der Waals surface area contributed by atoms with Gasteiger partial charge in [0.2, 0.25) is 0 Å². The quantitative estimate of drug-likeness (QED) is 0.895. The molecule has 1 aliphatic heterocycles. The molecule has 1 aromatic carbocycles. The first-order valence-electron chi connectivity index (χ1n) is 5.85. The molecule has 1 aliphatic rings. The Morgan fingerprint density at radius 3 is 3.00 bits per heavy atom. The van der Waals surface area contributed by atoms with Gasteiger partial charge in [-0.1, -0.05) is 12.1 Å². The highest BCUT2D eigenvalue weighted by atomic mass is 32.2. The third kappa shape index (κ3) is 3.37. The van der Waals surface area contributed by atoms with Gasteiger partial charge in [0.15, 0.2) is 0 Å². The van der Waals surface area contributed by atoms with Crippen LogP contribution in [0.1, 0.15) is 13.8 Å². The molecule has 0 saturated carbocycles. The van der Waals surface area contributed by atoms with Crippen LogP contribution in [0.3, 0.4) is 0 Å². The van der Waals surface area contributed by atoms with Crippen molar-refractivity contribution in [3.05, 3.63) is 24.3 Å². The molecule has 0 amide bonds. The maximum Gasteiger partial charge on any atom is 0.136 e. The number of thioether (sulfide) groups is 1. The molecule has 4 heteroatoms. The molecule has 2 atom stereocenters. The third-order valence-electron chi connectivity index (χ3n) is 2.56. The van der Waals surface area contributed by atoms with Crippen LogP contribution in [0.5, 0.6) is 5.75 Å². The number of hydrogen-bond acceptors (Lipinski definition) is 4. The van der Waals surface area contributed by atoms with E-state index in [9.17, 15) is 5.11 Å². The number of aliphatic hydroxyl groups excluding tert-OH is 1. The van der Waals surface area contributed by atoms with Crippen LogP contribution in [0.4, 0.5) is 0 Å². The van der Waals surface area contributed by atoms with Crippen molar-refractivity contribution < 1.29 is 14.6 Å². The van der Waals surface area contributed by atoms with Gasteiger partial charge in [-0.05, 0) is 26.0 Å². The van der Waals surface area contributed by atoms with Gasteiger partial charge in [0.25, 0.3) is 0 Å². The Hall–Kier alpha value is -0.710. The van der Waals surface area contributed by atoms with Gasteiger partial charge < -0.3 is 14.6 Å². The van der Waals surface area contributed by atoms with Crippen molar-refractivity contribution in [2.75, 3.05) is 12.4 Å². The second kappa shape index (κ2) is 5.76. The zero-order valence-electron chi connectivity index (χ0n) is 10.1. The maximum atomic E-state index is 9.99. The summed E-state index contributed by atoms with van der Waals surface area (Å²) in [6.45, 7) is 4.24. The minimum atomic E-state index is -0.571. The molecule has 1 N–H and O–H groups in total. The van der Waals surface area contributed by atoms with Gasteiger partial charge >= 0.3 is 0 Å². The summed E-state index contributed by atoms with van der Waals surface area (Å²) in [7, 11) is 0. The van der Waals surface area contributed by atoms with Crippen LogP contribution in [0, 0.1) is 0 Å². The Morgan fingerprint density at radius 2 is 2.24 bits per heavy atom. The fourth-order valence-electron chi connectivity index (χ4n) is 1.62. The standard InChI is InChI=1S/C13H18O3S/c1-9(2)15-7-10(14)12-8-17-13-6-4-3-5-11(13)16-12/h3-6,9-10,12,14H,7-8H2,1-2H3. The number of rotatable bonds is 4. The largest absolute Gasteiger partial charge is 0.486 e. The Bertz CT molecular complexity index is 367. The van der Waals surface area contributed by atoms with E-state index in [1.165, 1.54) is 0 Å². The zero-order valence-corrected chi connectivity index (χ0v) is 10.9. The molecule has 17 heavy (non-hydrogen) atoms. The summed E-state index contributed by atoms with van der Waals surface area (Å²) in [6, 6.07) is 7.91. The fraction of sp³-hybridized carbons (Fsp3) is 0.538. The van der Waals surface area contributed by atoms with Crippen LogP contribution in [0.2, 0.25) is 0 Å². The fourth-order valence-corrected chi connectivity index (χ4v) is 2.69. The molecule has 0 aliphatic carbocycles. The molecule has 0 radical (unpaired) electrons. The van der Waals surface area contributed by atoms with Crippen LogP contribution in [-0.4, -0.2) is 35.8 Å². The van der Waals surface area contributed by atoms with Gasteiger partial charge in [-0.15, -0.1) is 11.8 Å². The third-order valence-corrected chi connectivity index (χ3v) is 3.70. The van der Waals surface area contributed by atoms with Crippen LogP contribution in [0.15, 0.2) is 29.2 Å². The molecule has 3 nitrogen and oxygen atoms in total. The van der Waals surface area contributed by atoms with Crippen molar-refractivity contribution in [1.29, 1.82) is 0 Å². The average Bonchev–Trinajstić information content (AvgIpc) is 2.35. The molecule has 2 unspecified atom stereocenters. The first kappa shape index (κ1) is 12.7. The first-order chi connectivity index (χ1) is 8.16. The second-order valence-electron chi connectivity index (χ2n) is 4.36. The number of fused-ring (bicyclic) bond motifs is 1. The molecule has 1 aromatic rings. The highest BCUT2D eigenvalue weighted by Crippen LogP contribution is 2.35. The molecule has 0 spiro atoms. The van der Waals surface area contributed by atoms with Gasteiger partial charge in [0, 0.05) is 10.6 Å². The van der Waals surface area contributed by atoms with Crippen LogP contribution >= 0.6 is 11.8 Å². The average molecular weight is 254 g/mol. The van der Waals surface area contributed by atoms with Crippen molar-refractivity contribution in [1.82, 2.24) is 0 Å². The topological polar surface area (TPSA) is 38.7 Å². The summed E-state index contributed by atoms with van der Waals surface area (Å²) >= 11 is 1.72. The van der Waals surface area contributed by atoms with Gasteiger partial charge in [0.1, 0.15) is 18.0 Å². The highest BCUT2D eigenvalue weighted by molar-refractivity contribution is 7.99. The van der Waals surface area contributed by atoms with E-state index in [1.807, 2.05) is 38.1 Å². The summed E-state index contributed by atoms with van der Waals surface area (Å²) in [4.78, 5) is 1.14. The Kier molecular flexibility index (Phi) is 4.31. The predicted octanol–water partition coefficient (Wildman–Crippen LogP) is 2.33. The summed E-state index contributed by atoms with van der Waals surface area (Å²) in [5, 5.41) is 9.99. The van der Waals surface area contributed by atoms with Crippen LogP contribution in [-0.2, 0) is 4.74 Å². The SMILES string of the molecule is CC(C)OCC(O)C1CSc2ccccc2O1. The second-order valence-corrected chi connectivity index (χ2v) is 5.43. The molecular formula is C13H18O3S. The lowest BCUT2D eigenvalue weighted by molar-refractivity contribution is -0.0389. The summed E-state index contributed by atoms with van der Waals surface area (Å²) in [6.07, 6.45) is -0.625. The van der Waals surface area contributed by atoms with Crippen molar-refractivity contribution in [2.45, 2.75) is 37.1 Å². The zero-order chi connectivity index (χ0) is 12.3. The van der Waals surface area contributed by atoms with Crippen molar-refractivity contribution in [2.24, 2.45) is 0 Å². The van der Waals surface area contributed by atoms with E-state index in [0.717, 1.165) is 16.4 Å². The number of aliphatic hydroxyl groups is 1. The van der Waals surface area contributed by atoms with Crippen molar-refractivity contribution >= 4 is 11.8 Å². The molecule has 0 aromatic heterocycles. The van der Waals surface area contributed by atoms with E-state index in [4.69, 9.17) is 9.47 Å². The number of hydrogen-bond donors (Lipinski definition) is 1. The summed E-state index contributed by atoms with van der Waals surface area (Å²) in [5.41, 5.74) is 0. The van der Waals surface area contributed by atoms with E-state index >= 15 is 0 Å².